The highest BCUT2D eigenvalue weighted by Crippen LogP contribution is 2.35. The van der Waals surface area contributed by atoms with Crippen molar-refractivity contribution in [3.63, 3.8) is 0 Å². The minimum absolute atomic E-state index is 0.735. The quantitative estimate of drug-likeness (QED) is 0.835. The second-order valence-electron chi connectivity index (χ2n) is 4.54. The van der Waals surface area contributed by atoms with Gasteiger partial charge < -0.3 is 10.2 Å². The average Bonchev–Trinajstić information content (AvgIpc) is 3.14. The Morgan fingerprint density at radius 2 is 2.12 bits per heavy atom. The van der Waals surface area contributed by atoms with Gasteiger partial charge in [0.1, 0.15) is 0 Å². The fourth-order valence-electron chi connectivity index (χ4n) is 2.25. The first-order valence-electron chi connectivity index (χ1n) is 6.52. The van der Waals surface area contributed by atoms with Crippen molar-refractivity contribution in [2.24, 2.45) is 0 Å². The lowest BCUT2D eigenvalue weighted by Gasteiger charge is -2.26. The van der Waals surface area contributed by atoms with Gasteiger partial charge in [-0.25, -0.2) is 0 Å². The largest absolute Gasteiger partial charge is 0.369 e. The summed E-state index contributed by atoms with van der Waals surface area (Å²) in [4.78, 5) is 2.48. The van der Waals surface area contributed by atoms with Gasteiger partial charge in [-0.05, 0) is 38.4 Å². The number of nitrogens with one attached hydrogen (secondary N) is 1. The molecule has 1 aromatic rings. The van der Waals surface area contributed by atoms with E-state index in [2.05, 4.69) is 36.2 Å². The molecule has 1 aliphatic rings. The predicted octanol–water partition coefficient (Wildman–Crippen LogP) is 3.44. The molecular weight excluding hydrogens is 232 g/mol. The molecule has 94 valence electrons. The van der Waals surface area contributed by atoms with E-state index >= 15 is 0 Å². The predicted molar refractivity (Wildman–Crippen MR) is 74.9 cm³/mol. The zero-order valence-electron chi connectivity index (χ0n) is 10.7. The first-order valence-corrected chi connectivity index (χ1v) is 6.90. The first kappa shape index (κ1) is 12.7. The molecule has 0 unspecified atom stereocenters. The Kier molecular flexibility index (Phi) is 4.30. The molecule has 0 bridgehead atoms. The van der Waals surface area contributed by atoms with E-state index in [1.807, 2.05) is 6.07 Å². The molecule has 0 spiro atoms. The van der Waals surface area contributed by atoms with Crippen molar-refractivity contribution in [3.05, 3.63) is 28.8 Å². The molecule has 3 heteroatoms. The average molecular weight is 253 g/mol. The monoisotopic (exact) mass is 252 g/mol. The minimum atomic E-state index is 0.735. The van der Waals surface area contributed by atoms with Gasteiger partial charge in [0.25, 0.3) is 0 Å². The lowest BCUT2D eigenvalue weighted by Crippen LogP contribution is -2.27. The molecule has 0 atom stereocenters. The van der Waals surface area contributed by atoms with E-state index in [0.29, 0.717) is 0 Å². The molecule has 1 saturated carbocycles. The van der Waals surface area contributed by atoms with Crippen molar-refractivity contribution in [1.82, 2.24) is 5.32 Å². The molecule has 1 aromatic carbocycles. The summed E-state index contributed by atoms with van der Waals surface area (Å²) in [5.41, 5.74) is 2.55. The van der Waals surface area contributed by atoms with E-state index in [1.165, 1.54) is 24.1 Å². The van der Waals surface area contributed by atoms with Crippen molar-refractivity contribution in [2.75, 3.05) is 18.0 Å². The van der Waals surface area contributed by atoms with Crippen LogP contribution in [-0.2, 0) is 6.54 Å². The summed E-state index contributed by atoms with van der Waals surface area (Å²) in [5, 5.41) is 4.25. The molecule has 17 heavy (non-hydrogen) atoms. The van der Waals surface area contributed by atoms with Gasteiger partial charge in [0.15, 0.2) is 0 Å². The van der Waals surface area contributed by atoms with Crippen LogP contribution in [0.3, 0.4) is 0 Å². The summed E-state index contributed by atoms with van der Waals surface area (Å²) in [6.07, 6.45) is 2.64. The molecule has 1 N–H and O–H groups in total. The van der Waals surface area contributed by atoms with Crippen LogP contribution >= 0.6 is 11.6 Å². The SMILES string of the molecule is CCNCc1c(Cl)cccc1N(CC)C1CC1. The number of nitrogens with zero attached hydrogens (tertiary/aromatic N) is 1. The second-order valence-corrected chi connectivity index (χ2v) is 4.94. The first-order chi connectivity index (χ1) is 8.27. The highest BCUT2D eigenvalue weighted by atomic mass is 35.5. The zero-order valence-corrected chi connectivity index (χ0v) is 11.4. The van der Waals surface area contributed by atoms with Crippen LogP contribution in [0.1, 0.15) is 32.3 Å². The van der Waals surface area contributed by atoms with Crippen LogP contribution in [0.25, 0.3) is 0 Å². The maximum absolute atomic E-state index is 6.32. The van der Waals surface area contributed by atoms with E-state index in [-0.39, 0.29) is 0 Å². The van der Waals surface area contributed by atoms with Crippen molar-refractivity contribution >= 4 is 17.3 Å². The topological polar surface area (TPSA) is 15.3 Å². The summed E-state index contributed by atoms with van der Waals surface area (Å²) in [6, 6.07) is 6.97. The maximum Gasteiger partial charge on any atom is 0.0471 e. The second kappa shape index (κ2) is 5.74. The van der Waals surface area contributed by atoms with E-state index in [4.69, 9.17) is 11.6 Å². The Bertz CT molecular complexity index is 374. The van der Waals surface area contributed by atoms with Crippen LogP contribution in [0.5, 0.6) is 0 Å². The number of anilines is 1. The molecule has 2 rings (SSSR count). The standard InChI is InChI=1S/C14H21ClN2/c1-3-16-10-12-13(15)6-5-7-14(12)17(4-2)11-8-9-11/h5-7,11,16H,3-4,8-10H2,1-2H3. The zero-order chi connectivity index (χ0) is 12.3. The highest BCUT2D eigenvalue weighted by molar-refractivity contribution is 6.31. The Labute approximate surface area is 109 Å². The molecular formula is C14H21ClN2. The third-order valence-electron chi connectivity index (χ3n) is 3.28. The van der Waals surface area contributed by atoms with Gasteiger partial charge >= 0.3 is 0 Å². The molecule has 1 fully saturated rings. The van der Waals surface area contributed by atoms with Crippen molar-refractivity contribution in [2.45, 2.75) is 39.3 Å². The Morgan fingerprint density at radius 1 is 1.35 bits per heavy atom. The number of hydrogen-bond donors (Lipinski definition) is 1. The summed E-state index contributed by atoms with van der Waals surface area (Å²) in [7, 11) is 0. The number of rotatable bonds is 6. The van der Waals surface area contributed by atoms with Crippen LogP contribution in [-0.4, -0.2) is 19.1 Å². The van der Waals surface area contributed by atoms with Crippen LogP contribution in [0.4, 0.5) is 5.69 Å². The highest BCUT2D eigenvalue weighted by Gasteiger charge is 2.29. The number of benzene rings is 1. The van der Waals surface area contributed by atoms with Crippen molar-refractivity contribution in [1.29, 1.82) is 0 Å². The lowest BCUT2D eigenvalue weighted by atomic mass is 10.1. The molecule has 0 radical (unpaired) electrons. The van der Waals surface area contributed by atoms with Crippen molar-refractivity contribution < 1.29 is 0 Å². The lowest BCUT2D eigenvalue weighted by molar-refractivity contribution is 0.718. The number of hydrogen-bond acceptors (Lipinski definition) is 2. The van der Waals surface area contributed by atoms with Gasteiger partial charge in [0.05, 0.1) is 0 Å². The minimum Gasteiger partial charge on any atom is -0.369 e. The van der Waals surface area contributed by atoms with Gasteiger partial charge in [-0.1, -0.05) is 24.6 Å². The molecule has 0 amide bonds. The summed E-state index contributed by atoms with van der Waals surface area (Å²) in [6.45, 7) is 7.23. The molecule has 1 aliphatic carbocycles. The van der Waals surface area contributed by atoms with Crippen LogP contribution in [0.15, 0.2) is 18.2 Å². The van der Waals surface area contributed by atoms with Gasteiger partial charge in [0, 0.05) is 35.4 Å². The number of halogens is 1. The van der Waals surface area contributed by atoms with Crippen LogP contribution in [0.2, 0.25) is 5.02 Å². The molecule has 0 heterocycles. The van der Waals surface area contributed by atoms with E-state index in [9.17, 15) is 0 Å². The fourth-order valence-corrected chi connectivity index (χ4v) is 2.49. The third kappa shape index (κ3) is 2.93. The van der Waals surface area contributed by atoms with Gasteiger partial charge in [-0.15, -0.1) is 0 Å². The summed E-state index contributed by atoms with van der Waals surface area (Å²) in [5.74, 6) is 0. The van der Waals surface area contributed by atoms with Gasteiger partial charge in [-0.3, -0.25) is 0 Å². The van der Waals surface area contributed by atoms with E-state index < -0.39 is 0 Å². The summed E-state index contributed by atoms with van der Waals surface area (Å²) < 4.78 is 0. The van der Waals surface area contributed by atoms with Crippen LogP contribution in [0, 0.1) is 0 Å². The normalized spacial score (nSPS) is 15.0. The fraction of sp³-hybridized carbons (Fsp3) is 0.571. The van der Waals surface area contributed by atoms with E-state index in [1.54, 1.807) is 0 Å². The molecule has 2 nitrogen and oxygen atoms in total. The molecule has 0 aromatic heterocycles. The third-order valence-corrected chi connectivity index (χ3v) is 3.64. The Hall–Kier alpha value is -0.730. The van der Waals surface area contributed by atoms with Gasteiger partial charge in [0.2, 0.25) is 0 Å². The maximum atomic E-state index is 6.32. The van der Waals surface area contributed by atoms with E-state index in [0.717, 1.165) is 30.7 Å². The Morgan fingerprint density at radius 3 is 2.71 bits per heavy atom. The van der Waals surface area contributed by atoms with Crippen molar-refractivity contribution in [3.8, 4) is 0 Å². The van der Waals surface area contributed by atoms with Crippen LogP contribution < -0.4 is 10.2 Å². The molecule has 0 aliphatic heterocycles. The Balaban J connectivity index is 2.26. The smallest absolute Gasteiger partial charge is 0.0471 e. The van der Waals surface area contributed by atoms with Gasteiger partial charge in [-0.2, -0.15) is 0 Å². The summed E-state index contributed by atoms with van der Waals surface area (Å²) >= 11 is 6.32. The molecule has 0 saturated heterocycles.